The van der Waals surface area contributed by atoms with Crippen molar-refractivity contribution in [1.82, 2.24) is 9.88 Å². The first-order chi connectivity index (χ1) is 9.93. The Kier molecular flexibility index (Phi) is 4.46. The van der Waals surface area contributed by atoms with Crippen molar-refractivity contribution in [2.45, 2.75) is 46.7 Å². The van der Waals surface area contributed by atoms with E-state index in [1.54, 1.807) is 10.6 Å². The number of aromatic nitrogens is 1. The van der Waals surface area contributed by atoms with Crippen LogP contribution in [0.25, 0.3) is 10.9 Å². The van der Waals surface area contributed by atoms with E-state index >= 15 is 0 Å². The summed E-state index contributed by atoms with van der Waals surface area (Å²) >= 11 is 0. The van der Waals surface area contributed by atoms with Crippen LogP contribution in [0.15, 0.2) is 29.1 Å². The number of hydrogen-bond donors (Lipinski definition) is 1. The number of nitrogens with zero attached hydrogens (tertiary/aromatic N) is 1. The second-order valence-electron chi connectivity index (χ2n) is 5.60. The Bertz CT molecular complexity index is 731. The molecule has 1 atom stereocenters. The molecule has 21 heavy (non-hydrogen) atoms. The maximum absolute atomic E-state index is 12.3. The lowest BCUT2D eigenvalue weighted by molar-refractivity contribution is -0.122. The Morgan fingerprint density at radius 2 is 2.00 bits per heavy atom. The topological polar surface area (TPSA) is 51.1 Å². The van der Waals surface area contributed by atoms with Crippen LogP contribution in [-0.4, -0.2) is 16.5 Å². The minimum Gasteiger partial charge on any atom is -0.352 e. The molecule has 1 aromatic heterocycles. The van der Waals surface area contributed by atoms with Crippen LogP contribution in [0.2, 0.25) is 0 Å². The molecular formula is C17H22N2O2. The highest BCUT2D eigenvalue weighted by Gasteiger charge is 2.12. The zero-order valence-corrected chi connectivity index (χ0v) is 13.1. The third-order valence-electron chi connectivity index (χ3n) is 3.86. The molecule has 1 amide bonds. The summed E-state index contributed by atoms with van der Waals surface area (Å²) in [5, 5.41) is 3.92. The normalized spacial score (nSPS) is 12.4. The van der Waals surface area contributed by atoms with E-state index in [-0.39, 0.29) is 24.1 Å². The SMILES string of the molecule is CCC(C)NC(=O)Cn1c(=O)cc(C)c2cccc(C)c21. The van der Waals surface area contributed by atoms with Crippen LogP contribution in [-0.2, 0) is 11.3 Å². The van der Waals surface area contributed by atoms with E-state index in [1.807, 2.05) is 45.9 Å². The van der Waals surface area contributed by atoms with Crippen LogP contribution in [0.4, 0.5) is 0 Å². The van der Waals surface area contributed by atoms with Crippen molar-refractivity contribution < 1.29 is 4.79 Å². The van der Waals surface area contributed by atoms with Crippen molar-refractivity contribution in [2.24, 2.45) is 0 Å². The third kappa shape index (κ3) is 3.15. The lowest BCUT2D eigenvalue weighted by Crippen LogP contribution is -2.37. The van der Waals surface area contributed by atoms with Crippen LogP contribution in [0, 0.1) is 13.8 Å². The van der Waals surface area contributed by atoms with Crippen molar-refractivity contribution >= 4 is 16.8 Å². The first-order valence-electron chi connectivity index (χ1n) is 7.33. The van der Waals surface area contributed by atoms with Gasteiger partial charge in [0.1, 0.15) is 6.54 Å². The minimum absolute atomic E-state index is 0.0603. The van der Waals surface area contributed by atoms with Gasteiger partial charge >= 0.3 is 0 Å². The molecule has 4 nitrogen and oxygen atoms in total. The molecule has 0 bridgehead atoms. The molecule has 4 heteroatoms. The Morgan fingerprint density at radius 3 is 2.67 bits per heavy atom. The van der Waals surface area contributed by atoms with Gasteiger partial charge in [0.05, 0.1) is 5.52 Å². The van der Waals surface area contributed by atoms with Gasteiger partial charge in [-0.25, -0.2) is 0 Å². The number of carbonyl (C=O) groups excluding carboxylic acids is 1. The highest BCUT2D eigenvalue weighted by molar-refractivity contribution is 5.87. The third-order valence-corrected chi connectivity index (χ3v) is 3.86. The fourth-order valence-corrected chi connectivity index (χ4v) is 2.51. The number of hydrogen-bond acceptors (Lipinski definition) is 2. The van der Waals surface area contributed by atoms with Crippen molar-refractivity contribution in [3.63, 3.8) is 0 Å². The molecule has 0 aliphatic heterocycles. The fourth-order valence-electron chi connectivity index (χ4n) is 2.51. The summed E-state index contributed by atoms with van der Waals surface area (Å²) in [5.74, 6) is -0.125. The van der Waals surface area contributed by atoms with Gasteiger partial charge in [-0.15, -0.1) is 0 Å². The predicted octanol–water partition coefficient (Wildman–Crippen LogP) is 2.53. The molecule has 0 saturated carbocycles. The predicted molar refractivity (Wildman–Crippen MR) is 85.6 cm³/mol. The summed E-state index contributed by atoms with van der Waals surface area (Å²) in [7, 11) is 0. The number of pyridine rings is 1. The van der Waals surface area contributed by atoms with Crippen LogP contribution in [0.5, 0.6) is 0 Å². The average molecular weight is 286 g/mol. The number of nitrogens with one attached hydrogen (secondary N) is 1. The van der Waals surface area contributed by atoms with Crippen molar-refractivity contribution in [1.29, 1.82) is 0 Å². The monoisotopic (exact) mass is 286 g/mol. The second-order valence-corrected chi connectivity index (χ2v) is 5.60. The number of aryl methyl sites for hydroxylation is 2. The Morgan fingerprint density at radius 1 is 1.29 bits per heavy atom. The minimum atomic E-state index is -0.131. The summed E-state index contributed by atoms with van der Waals surface area (Å²) in [6.07, 6.45) is 0.869. The van der Waals surface area contributed by atoms with Crippen LogP contribution in [0.1, 0.15) is 31.4 Å². The number of carbonyl (C=O) groups is 1. The van der Waals surface area contributed by atoms with Crippen LogP contribution in [0.3, 0.4) is 0 Å². The molecule has 0 aliphatic carbocycles. The molecule has 2 rings (SSSR count). The van der Waals surface area contributed by atoms with Gasteiger partial charge < -0.3 is 5.32 Å². The molecule has 0 radical (unpaired) electrons. The number of benzene rings is 1. The molecule has 0 fully saturated rings. The molecule has 2 aromatic rings. The molecular weight excluding hydrogens is 264 g/mol. The zero-order chi connectivity index (χ0) is 15.6. The van der Waals surface area contributed by atoms with Gasteiger partial charge in [-0.1, -0.05) is 25.1 Å². The van der Waals surface area contributed by atoms with Gasteiger partial charge in [0.15, 0.2) is 0 Å². The summed E-state index contributed by atoms with van der Waals surface area (Å²) in [4.78, 5) is 24.4. The van der Waals surface area contributed by atoms with E-state index in [2.05, 4.69) is 5.32 Å². The molecule has 0 aliphatic rings. The largest absolute Gasteiger partial charge is 0.352 e. The van der Waals surface area contributed by atoms with E-state index in [0.29, 0.717) is 0 Å². The molecule has 1 heterocycles. The lowest BCUT2D eigenvalue weighted by Gasteiger charge is -2.16. The zero-order valence-electron chi connectivity index (χ0n) is 13.1. The summed E-state index contributed by atoms with van der Waals surface area (Å²) in [6.45, 7) is 7.92. The van der Waals surface area contributed by atoms with Crippen molar-refractivity contribution in [2.75, 3.05) is 0 Å². The van der Waals surface area contributed by atoms with E-state index in [4.69, 9.17) is 0 Å². The van der Waals surface area contributed by atoms with E-state index in [9.17, 15) is 9.59 Å². The van der Waals surface area contributed by atoms with Crippen molar-refractivity contribution in [3.05, 3.63) is 45.7 Å². The van der Waals surface area contributed by atoms with Gasteiger partial charge in [0.25, 0.3) is 5.56 Å². The Labute approximate surface area is 124 Å². The Hall–Kier alpha value is -2.10. The van der Waals surface area contributed by atoms with E-state index < -0.39 is 0 Å². The van der Waals surface area contributed by atoms with Gasteiger partial charge in [-0.3, -0.25) is 14.2 Å². The van der Waals surface area contributed by atoms with Crippen LogP contribution < -0.4 is 10.9 Å². The van der Waals surface area contributed by atoms with Gasteiger partial charge in [0.2, 0.25) is 5.91 Å². The fraction of sp³-hybridized carbons (Fsp3) is 0.412. The smallest absolute Gasteiger partial charge is 0.251 e. The maximum Gasteiger partial charge on any atom is 0.251 e. The van der Waals surface area contributed by atoms with Crippen molar-refractivity contribution in [3.8, 4) is 0 Å². The number of amides is 1. The van der Waals surface area contributed by atoms with Gasteiger partial charge in [0, 0.05) is 17.5 Å². The van der Waals surface area contributed by atoms with Gasteiger partial charge in [-0.2, -0.15) is 0 Å². The molecule has 1 unspecified atom stereocenters. The quantitative estimate of drug-likeness (QED) is 0.939. The molecule has 1 N–H and O–H groups in total. The highest BCUT2D eigenvalue weighted by Crippen LogP contribution is 2.19. The molecule has 112 valence electrons. The van der Waals surface area contributed by atoms with E-state index in [1.165, 1.54) is 0 Å². The molecule has 0 spiro atoms. The number of rotatable bonds is 4. The second kappa shape index (κ2) is 6.12. The summed E-state index contributed by atoms with van der Waals surface area (Å²) in [6, 6.07) is 7.63. The maximum atomic E-state index is 12.3. The lowest BCUT2D eigenvalue weighted by atomic mass is 10.1. The summed E-state index contributed by atoms with van der Waals surface area (Å²) in [5.41, 5.74) is 2.66. The van der Waals surface area contributed by atoms with Gasteiger partial charge in [-0.05, 0) is 38.3 Å². The van der Waals surface area contributed by atoms with E-state index in [0.717, 1.165) is 28.5 Å². The summed E-state index contributed by atoms with van der Waals surface area (Å²) < 4.78 is 1.56. The first kappa shape index (κ1) is 15.3. The Balaban J connectivity index is 2.49. The number of fused-ring (bicyclic) bond motifs is 1. The average Bonchev–Trinajstić information content (AvgIpc) is 2.43. The van der Waals surface area contributed by atoms with Crippen LogP contribution >= 0.6 is 0 Å². The molecule has 0 saturated heterocycles. The number of para-hydroxylation sites is 1. The molecule has 1 aromatic carbocycles. The highest BCUT2D eigenvalue weighted by atomic mass is 16.2. The first-order valence-corrected chi connectivity index (χ1v) is 7.33. The standard InChI is InChI=1S/C17H22N2O2/c1-5-13(4)18-15(20)10-19-16(21)9-12(3)14-8-6-7-11(2)17(14)19/h6-9,13H,5,10H2,1-4H3,(H,18,20).